The molecule has 2 aromatic carbocycles. The van der Waals surface area contributed by atoms with E-state index in [2.05, 4.69) is 57.4 Å². The first-order chi connectivity index (χ1) is 14.1. The molecule has 0 N–H and O–H groups in total. The van der Waals surface area contributed by atoms with Crippen LogP contribution < -0.4 is 4.90 Å². The highest BCUT2D eigenvalue weighted by atomic mass is 79.9. The summed E-state index contributed by atoms with van der Waals surface area (Å²) in [6.07, 6.45) is 7.47. The highest BCUT2D eigenvalue weighted by Gasteiger charge is 2.31. The van der Waals surface area contributed by atoms with Gasteiger partial charge in [-0.05, 0) is 78.0 Å². The minimum atomic E-state index is -1.31. The maximum atomic E-state index is 13.5. The largest absolute Gasteiger partial charge is 0.314 e. The minimum Gasteiger partial charge on any atom is -0.314 e. The first kappa shape index (κ1) is 18.6. The van der Waals surface area contributed by atoms with Gasteiger partial charge >= 0.3 is 0 Å². The SMILES string of the molecule is Cc1ccc(S(=O)n2ccc3c2C(=C2CCC2)N(c2ccccc2)C=C3Br)cc1. The number of aryl methyl sites for hydroxylation is 1. The third-order valence-corrected chi connectivity index (χ3v) is 7.51. The normalized spacial score (nSPS) is 16.9. The molecular weight excluding hydrogens is 444 g/mol. The topological polar surface area (TPSA) is 25.2 Å². The van der Waals surface area contributed by atoms with Crippen molar-refractivity contribution in [3.63, 3.8) is 0 Å². The van der Waals surface area contributed by atoms with E-state index >= 15 is 0 Å². The summed E-state index contributed by atoms with van der Waals surface area (Å²) in [5.41, 5.74) is 6.99. The Hall–Kier alpha value is -2.37. The van der Waals surface area contributed by atoms with Crippen LogP contribution >= 0.6 is 15.9 Å². The van der Waals surface area contributed by atoms with E-state index in [1.165, 1.54) is 23.3 Å². The number of anilines is 1. The van der Waals surface area contributed by atoms with Crippen molar-refractivity contribution in [1.29, 1.82) is 0 Å². The van der Waals surface area contributed by atoms with Crippen LogP contribution in [0.2, 0.25) is 0 Å². The summed E-state index contributed by atoms with van der Waals surface area (Å²) >= 11 is 3.75. The Morgan fingerprint density at radius 2 is 1.69 bits per heavy atom. The molecule has 1 aliphatic carbocycles. The molecule has 1 aromatic heterocycles. The summed E-state index contributed by atoms with van der Waals surface area (Å²) in [7, 11) is -1.31. The Morgan fingerprint density at radius 3 is 2.34 bits per heavy atom. The molecule has 0 bridgehead atoms. The zero-order valence-electron chi connectivity index (χ0n) is 16.1. The number of halogens is 1. The average Bonchev–Trinajstić information content (AvgIpc) is 3.15. The van der Waals surface area contributed by atoms with Gasteiger partial charge < -0.3 is 4.90 Å². The fraction of sp³-hybridized carbons (Fsp3) is 0.167. The van der Waals surface area contributed by atoms with E-state index in [1.807, 2.05) is 47.4 Å². The Balaban J connectivity index is 1.69. The van der Waals surface area contributed by atoms with Gasteiger partial charge in [0.1, 0.15) is 0 Å². The maximum absolute atomic E-state index is 13.5. The average molecular weight is 465 g/mol. The molecule has 1 unspecified atom stereocenters. The van der Waals surface area contributed by atoms with Crippen LogP contribution in [-0.4, -0.2) is 8.18 Å². The molecule has 0 saturated heterocycles. The molecule has 5 rings (SSSR count). The predicted molar refractivity (Wildman–Crippen MR) is 124 cm³/mol. The van der Waals surface area contributed by atoms with Crippen molar-refractivity contribution in [3.8, 4) is 0 Å². The highest BCUT2D eigenvalue weighted by Crippen LogP contribution is 2.45. The third kappa shape index (κ3) is 3.22. The molecule has 1 atom stereocenters. The molecule has 2 heterocycles. The second-order valence-corrected chi connectivity index (χ2v) is 9.67. The maximum Gasteiger partial charge on any atom is 0.157 e. The van der Waals surface area contributed by atoms with Crippen LogP contribution in [0.3, 0.4) is 0 Å². The smallest absolute Gasteiger partial charge is 0.157 e. The van der Waals surface area contributed by atoms with Crippen LogP contribution in [-0.2, 0) is 11.0 Å². The van der Waals surface area contributed by atoms with Gasteiger partial charge in [0.25, 0.3) is 0 Å². The standard InChI is InChI=1S/C24H21BrN2OS/c1-17-10-12-20(13-11-17)29(28)27-15-14-21-22(25)16-26(19-8-3-2-4-9-19)23(24(21)27)18-6-5-7-18/h2-4,8-16H,5-7H2,1H3. The summed E-state index contributed by atoms with van der Waals surface area (Å²) < 4.78 is 16.4. The number of hydrogen-bond acceptors (Lipinski definition) is 2. The number of benzene rings is 2. The lowest BCUT2D eigenvalue weighted by molar-refractivity contribution is 0.661. The summed E-state index contributed by atoms with van der Waals surface area (Å²) in [6, 6.07) is 20.4. The Labute approximate surface area is 182 Å². The molecule has 0 amide bonds. The number of nitrogens with zero attached hydrogens (tertiary/aromatic N) is 2. The van der Waals surface area contributed by atoms with Gasteiger partial charge in [0.05, 0.1) is 16.3 Å². The van der Waals surface area contributed by atoms with Gasteiger partial charge in [0, 0.05) is 28.1 Å². The number of allylic oxidation sites excluding steroid dienone is 1. The van der Waals surface area contributed by atoms with E-state index in [4.69, 9.17) is 0 Å². The molecule has 5 heteroatoms. The van der Waals surface area contributed by atoms with Crippen molar-refractivity contribution < 1.29 is 4.21 Å². The Bertz CT molecular complexity index is 1150. The van der Waals surface area contributed by atoms with E-state index < -0.39 is 11.0 Å². The lowest BCUT2D eigenvalue weighted by Crippen LogP contribution is -2.25. The summed E-state index contributed by atoms with van der Waals surface area (Å²) in [5, 5.41) is 0. The van der Waals surface area contributed by atoms with Crippen molar-refractivity contribution in [2.75, 3.05) is 4.90 Å². The summed E-state index contributed by atoms with van der Waals surface area (Å²) in [6.45, 7) is 2.04. The third-order valence-electron chi connectivity index (χ3n) is 5.54. The van der Waals surface area contributed by atoms with Gasteiger partial charge in [-0.2, -0.15) is 0 Å². The van der Waals surface area contributed by atoms with Crippen LogP contribution in [0.4, 0.5) is 5.69 Å². The van der Waals surface area contributed by atoms with Crippen molar-refractivity contribution in [2.45, 2.75) is 31.1 Å². The molecule has 1 fully saturated rings. The molecule has 2 aliphatic rings. The zero-order chi connectivity index (χ0) is 20.0. The first-order valence-electron chi connectivity index (χ1n) is 9.78. The van der Waals surface area contributed by atoms with Crippen molar-refractivity contribution in [3.05, 3.63) is 95.5 Å². The molecule has 146 valence electrons. The molecule has 1 saturated carbocycles. The summed E-state index contributed by atoms with van der Waals surface area (Å²) in [4.78, 5) is 3.05. The predicted octanol–water partition coefficient (Wildman–Crippen LogP) is 6.48. The van der Waals surface area contributed by atoms with Gasteiger partial charge in [0.15, 0.2) is 11.0 Å². The second kappa shape index (κ2) is 7.47. The lowest BCUT2D eigenvalue weighted by atomic mass is 9.87. The fourth-order valence-corrected chi connectivity index (χ4v) is 5.47. The van der Waals surface area contributed by atoms with Gasteiger partial charge in [-0.25, -0.2) is 4.21 Å². The number of rotatable bonds is 3. The Morgan fingerprint density at radius 1 is 0.966 bits per heavy atom. The Kier molecular flexibility index (Phi) is 4.80. The van der Waals surface area contributed by atoms with Crippen molar-refractivity contribution in [1.82, 2.24) is 3.97 Å². The quantitative estimate of drug-likeness (QED) is 0.443. The van der Waals surface area contributed by atoms with Gasteiger partial charge in [-0.3, -0.25) is 3.97 Å². The molecule has 0 spiro atoms. The van der Waals surface area contributed by atoms with E-state index in [-0.39, 0.29) is 0 Å². The molecule has 3 nitrogen and oxygen atoms in total. The number of fused-ring (bicyclic) bond motifs is 1. The van der Waals surface area contributed by atoms with E-state index in [9.17, 15) is 4.21 Å². The minimum absolute atomic E-state index is 0.809. The molecular formula is C24H21BrN2OS. The van der Waals surface area contributed by atoms with Crippen LogP contribution in [0, 0.1) is 6.92 Å². The van der Waals surface area contributed by atoms with Crippen LogP contribution in [0.25, 0.3) is 10.2 Å². The monoisotopic (exact) mass is 464 g/mol. The van der Waals surface area contributed by atoms with E-state index in [0.717, 1.165) is 39.2 Å². The van der Waals surface area contributed by atoms with Crippen LogP contribution in [0.1, 0.15) is 36.1 Å². The number of aromatic nitrogens is 1. The van der Waals surface area contributed by atoms with Gasteiger partial charge in [0.2, 0.25) is 0 Å². The first-order valence-corrected chi connectivity index (χ1v) is 11.7. The highest BCUT2D eigenvalue weighted by molar-refractivity contribution is 9.15. The lowest BCUT2D eigenvalue weighted by Gasteiger charge is -2.34. The molecule has 3 aromatic rings. The van der Waals surface area contributed by atoms with Crippen LogP contribution in [0.5, 0.6) is 0 Å². The number of hydrogen-bond donors (Lipinski definition) is 0. The second-order valence-electron chi connectivity index (χ2n) is 7.45. The summed E-state index contributed by atoms with van der Waals surface area (Å²) in [5.74, 6) is 0. The van der Waals surface area contributed by atoms with Gasteiger partial charge in [-0.1, -0.05) is 35.9 Å². The van der Waals surface area contributed by atoms with Gasteiger partial charge in [-0.15, -0.1) is 0 Å². The number of para-hydroxylation sites is 1. The molecule has 1 aliphatic heterocycles. The molecule has 29 heavy (non-hydrogen) atoms. The van der Waals surface area contributed by atoms with E-state index in [0.29, 0.717) is 0 Å². The van der Waals surface area contributed by atoms with Crippen molar-refractivity contribution in [2.24, 2.45) is 0 Å². The zero-order valence-corrected chi connectivity index (χ0v) is 18.5. The van der Waals surface area contributed by atoms with E-state index in [1.54, 1.807) is 0 Å². The molecule has 0 radical (unpaired) electrons. The van der Waals surface area contributed by atoms with Crippen LogP contribution in [0.15, 0.2) is 83.5 Å². The van der Waals surface area contributed by atoms with Crippen molar-refractivity contribution >= 4 is 42.8 Å². The fourth-order valence-electron chi connectivity index (χ4n) is 3.83.